The molecule has 2 aromatic carbocycles. The Hall–Kier alpha value is -1.64. The van der Waals surface area contributed by atoms with E-state index in [0.717, 1.165) is 45.8 Å². The van der Waals surface area contributed by atoms with Crippen LogP contribution in [0.3, 0.4) is 0 Å². The molecule has 1 fully saturated rings. The number of Topliss-reactive ketones (excluding diaryl/α,β-unsaturated/α-hetero) is 1. The summed E-state index contributed by atoms with van der Waals surface area (Å²) in [4.78, 5) is 13.1. The van der Waals surface area contributed by atoms with Gasteiger partial charge in [0.1, 0.15) is 13.1 Å². The molecule has 3 rings (SSSR count). The van der Waals surface area contributed by atoms with Crippen molar-refractivity contribution < 1.29 is 9.28 Å². The van der Waals surface area contributed by atoms with Gasteiger partial charge in [-0.15, -0.1) is 0 Å². The van der Waals surface area contributed by atoms with Gasteiger partial charge in [0, 0.05) is 17.0 Å². The second kappa shape index (κ2) is 9.03. The number of hydrogen-bond donors (Lipinski definition) is 0. The van der Waals surface area contributed by atoms with E-state index in [0.29, 0.717) is 18.7 Å². The Bertz CT molecular complexity index is 753. The van der Waals surface area contributed by atoms with Crippen LogP contribution in [0.1, 0.15) is 47.9 Å². The summed E-state index contributed by atoms with van der Waals surface area (Å²) < 4.78 is 0.911. The number of aryl methyl sites for hydroxylation is 2. The molecule has 0 radical (unpaired) electrons. The minimum atomic E-state index is 0.348. The summed E-state index contributed by atoms with van der Waals surface area (Å²) >= 11 is 6.16. The highest BCUT2D eigenvalue weighted by molar-refractivity contribution is 6.30. The summed E-state index contributed by atoms with van der Waals surface area (Å²) in [5.41, 5.74) is 4.74. The molecule has 1 saturated heterocycles. The molecule has 0 amide bonds. The lowest BCUT2D eigenvalue weighted by Crippen LogP contribution is -2.51. The van der Waals surface area contributed by atoms with Crippen molar-refractivity contribution in [2.75, 3.05) is 19.6 Å². The number of rotatable bonds is 6. The van der Waals surface area contributed by atoms with E-state index < -0.39 is 0 Å². The van der Waals surface area contributed by atoms with Crippen LogP contribution < -0.4 is 0 Å². The monoisotopic (exact) mass is 384 g/mol. The molecule has 0 aromatic heterocycles. The Morgan fingerprint density at radius 3 is 2.15 bits per heavy atom. The zero-order valence-electron chi connectivity index (χ0n) is 16.6. The molecular weight excluding hydrogens is 354 g/mol. The number of likely N-dealkylation sites (tertiary alicyclic amines) is 1. The van der Waals surface area contributed by atoms with E-state index in [4.69, 9.17) is 11.6 Å². The van der Waals surface area contributed by atoms with Gasteiger partial charge in [-0.3, -0.25) is 4.79 Å². The fourth-order valence-electron chi connectivity index (χ4n) is 4.55. The average molecular weight is 385 g/mol. The molecule has 1 aliphatic heterocycles. The van der Waals surface area contributed by atoms with Crippen LogP contribution in [-0.4, -0.2) is 29.9 Å². The van der Waals surface area contributed by atoms with E-state index >= 15 is 0 Å². The van der Waals surface area contributed by atoms with Crippen LogP contribution in [0.4, 0.5) is 0 Å². The lowest BCUT2D eigenvalue weighted by atomic mass is 9.97. The van der Waals surface area contributed by atoms with Gasteiger partial charge in [0.25, 0.3) is 0 Å². The molecule has 144 valence electrons. The van der Waals surface area contributed by atoms with Gasteiger partial charge in [0.15, 0.2) is 5.78 Å². The molecule has 0 spiro atoms. The molecule has 0 N–H and O–H groups in total. The van der Waals surface area contributed by atoms with Gasteiger partial charge in [-0.25, -0.2) is 0 Å². The average Bonchev–Trinajstić information content (AvgIpc) is 2.84. The zero-order chi connectivity index (χ0) is 19.3. The van der Waals surface area contributed by atoms with Crippen molar-refractivity contribution in [1.29, 1.82) is 0 Å². The van der Waals surface area contributed by atoms with Crippen LogP contribution >= 0.6 is 11.6 Å². The summed E-state index contributed by atoms with van der Waals surface area (Å²) in [7, 11) is 0. The Labute approximate surface area is 168 Å². The first kappa shape index (κ1) is 20.1. The molecule has 0 bridgehead atoms. The number of hydrogen-bond acceptors (Lipinski definition) is 1. The van der Waals surface area contributed by atoms with Gasteiger partial charge in [-0.05, 0) is 68.4 Å². The number of nitrogens with zero attached hydrogens (tertiary/aromatic N) is 1. The van der Waals surface area contributed by atoms with Crippen molar-refractivity contribution in [3.05, 3.63) is 69.7 Å². The number of carbonyl (C=O) groups excluding carboxylic acids is 1. The molecular formula is C24H31ClNO+. The Morgan fingerprint density at radius 2 is 1.56 bits per heavy atom. The van der Waals surface area contributed by atoms with Crippen LogP contribution in [0.15, 0.2) is 42.5 Å². The Morgan fingerprint density at radius 1 is 0.963 bits per heavy atom. The van der Waals surface area contributed by atoms with E-state index in [9.17, 15) is 4.79 Å². The molecule has 2 nitrogen and oxygen atoms in total. The second-order valence-electron chi connectivity index (χ2n) is 8.24. The highest BCUT2D eigenvalue weighted by Gasteiger charge is 2.31. The zero-order valence-corrected chi connectivity index (χ0v) is 17.4. The predicted molar refractivity (Wildman–Crippen MR) is 113 cm³/mol. The van der Waals surface area contributed by atoms with Gasteiger partial charge in [0.05, 0.1) is 13.1 Å². The van der Waals surface area contributed by atoms with E-state index in [1.165, 1.54) is 31.2 Å². The number of benzene rings is 2. The fourth-order valence-corrected chi connectivity index (χ4v) is 4.88. The molecule has 2 aromatic rings. The summed E-state index contributed by atoms with van der Waals surface area (Å²) in [5, 5.41) is 0.751. The first-order valence-electron chi connectivity index (χ1n) is 10.1. The normalized spacial score (nSPS) is 16.7. The molecule has 27 heavy (non-hydrogen) atoms. The van der Waals surface area contributed by atoms with Crippen molar-refractivity contribution in [2.24, 2.45) is 0 Å². The molecule has 0 atom stereocenters. The maximum atomic E-state index is 13.1. The van der Waals surface area contributed by atoms with Crippen molar-refractivity contribution in [1.82, 2.24) is 0 Å². The third-order valence-electron chi connectivity index (χ3n) is 5.92. The summed E-state index contributed by atoms with van der Waals surface area (Å²) in [6, 6.07) is 14.6. The van der Waals surface area contributed by atoms with Crippen molar-refractivity contribution in [3.8, 4) is 0 Å². The lowest BCUT2D eigenvalue weighted by molar-refractivity contribution is -0.932. The third kappa shape index (κ3) is 5.43. The van der Waals surface area contributed by atoms with Crippen molar-refractivity contribution in [3.63, 3.8) is 0 Å². The molecule has 3 heteroatoms. The van der Waals surface area contributed by atoms with Crippen molar-refractivity contribution in [2.45, 2.75) is 52.5 Å². The predicted octanol–water partition coefficient (Wildman–Crippen LogP) is 5.66. The van der Waals surface area contributed by atoms with Gasteiger partial charge in [0.2, 0.25) is 0 Å². The van der Waals surface area contributed by atoms with Gasteiger partial charge < -0.3 is 4.48 Å². The largest absolute Gasteiger partial charge is 0.314 e. The topological polar surface area (TPSA) is 17.1 Å². The summed E-state index contributed by atoms with van der Waals surface area (Å²) in [6.45, 7) is 7.93. The number of ketones is 1. The summed E-state index contributed by atoms with van der Waals surface area (Å²) in [6.07, 6.45) is 5.54. The van der Waals surface area contributed by atoms with E-state index in [1.807, 2.05) is 12.1 Å². The molecule has 1 heterocycles. The first-order valence-corrected chi connectivity index (χ1v) is 10.5. The van der Waals surface area contributed by atoms with E-state index in [1.54, 1.807) is 0 Å². The maximum absolute atomic E-state index is 13.1. The van der Waals surface area contributed by atoms with Crippen LogP contribution in [0.2, 0.25) is 5.02 Å². The van der Waals surface area contributed by atoms with E-state index in [2.05, 4.69) is 44.2 Å². The second-order valence-corrected chi connectivity index (χ2v) is 8.67. The number of quaternary nitrogens is 1. The highest BCUT2D eigenvalue weighted by Crippen LogP contribution is 2.25. The number of halogens is 1. The quantitative estimate of drug-likeness (QED) is 0.587. The molecule has 0 saturated carbocycles. The minimum absolute atomic E-state index is 0.348. The standard InChI is InChI=1S/C24H31ClNO/c1-19-14-22(25)15-20(2)24(19)16-23(27)18-26(12-8-3-4-9-13-26)17-21-10-6-5-7-11-21/h5-7,10-11,14-15H,3-4,8-9,12-13,16-18H2,1-2H3/q+1. The lowest BCUT2D eigenvalue weighted by Gasteiger charge is -2.37. The minimum Gasteiger partial charge on any atom is -0.314 e. The first-order chi connectivity index (χ1) is 13.0. The summed E-state index contributed by atoms with van der Waals surface area (Å²) in [5.74, 6) is 0.348. The van der Waals surface area contributed by atoms with Gasteiger partial charge >= 0.3 is 0 Å². The van der Waals surface area contributed by atoms with Crippen molar-refractivity contribution >= 4 is 17.4 Å². The van der Waals surface area contributed by atoms with Crippen LogP contribution in [0.5, 0.6) is 0 Å². The van der Waals surface area contributed by atoms with E-state index in [-0.39, 0.29) is 0 Å². The molecule has 0 aliphatic carbocycles. The van der Waals surface area contributed by atoms with Gasteiger partial charge in [-0.1, -0.05) is 41.9 Å². The third-order valence-corrected chi connectivity index (χ3v) is 6.14. The smallest absolute Gasteiger partial charge is 0.191 e. The highest BCUT2D eigenvalue weighted by atomic mass is 35.5. The van der Waals surface area contributed by atoms with Crippen LogP contribution in [-0.2, 0) is 17.8 Å². The fraction of sp³-hybridized carbons (Fsp3) is 0.458. The van der Waals surface area contributed by atoms with Gasteiger partial charge in [-0.2, -0.15) is 0 Å². The van der Waals surface area contributed by atoms with Crippen LogP contribution in [0, 0.1) is 13.8 Å². The number of carbonyl (C=O) groups is 1. The van der Waals surface area contributed by atoms with Crippen LogP contribution in [0.25, 0.3) is 0 Å². The Kier molecular flexibility index (Phi) is 6.73. The molecule has 0 unspecified atom stereocenters. The SMILES string of the molecule is Cc1cc(Cl)cc(C)c1CC(=O)C[N+]1(Cc2ccccc2)CCCCCC1. The maximum Gasteiger partial charge on any atom is 0.191 e. The molecule has 1 aliphatic rings. The Balaban J connectivity index is 1.78.